The monoisotopic (exact) mass is 718 g/mol. The quantitative estimate of drug-likeness (QED) is 0.0399. The van der Waals surface area contributed by atoms with E-state index in [2.05, 4.69) is 31.9 Å². The lowest BCUT2D eigenvalue weighted by Crippen LogP contribution is -2.55. The van der Waals surface area contributed by atoms with Crippen molar-refractivity contribution in [2.75, 3.05) is 86.0 Å². The molecule has 0 saturated carbocycles. The van der Waals surface area contributed by atoms with Crippen molar-refractivity contribution in [3.8, 4) is 11.1 Å². The number of rotatable bonds is 27. The Labute approximate surface area is 301 Å². The number of aliphatic hydroxyl groups is 1. The first kappa shape index (κ1) is 39.3. The summed E-state index contributed by atoms with van der Waals surface area (Å²) >= 11 is 0. The number of carboxylic acid groups (broad SMARTS) is 1. The summed E-state index contributed by atoms with van der Waals surface area (Å²) < 4.78 is 25.1. The number of benzene rings is 2. The summed E-state index contributed by atoms with van der Waals surface area (Å²) in [5.74, 6) is -3.42. The van der Waals surface area contributed by atoms with Crippen molar-refractivity contribution in [2.24, 2.45) is 0 Å². The molecule has 0 fully saturated rings. The van der Waals surface area contributed by atoms with E-state index >= 15 is 0 Å². The molecule has 0 spiro atoms. The van der Waals surface area contributed by atoms with Gasteiger partial charge in [-0.15, -0.1) is 0 Å². The molecule has 0 aliphatic carbocycles. The first-order chi connectivity index (χ1) is 25.3. The third-order valence-corrected chi connectivity index (χ3v) is 7.37. The van der Waals surface area contributed by atoms with Gasteiger partial charge < -0.3 is 46.3 Å². The van der Waals surface area contributed by atoms with Crippen molar-refractivity contribution < 1.29 is 46.4 Å². The molecule has 2 rings (SSSR count). The molecule has 0 aliphatic rings. The molecule has 3 atom stereocenters. The number of amides is 4. The van der Waals surface area contributed by atoms with Gasteiger partial charge in [-0.1, -0.05) is 54.6 Å². The number of likely N-dealkylation sites (N-methyl/N-ethyl adjacent to an activating group) is 1. The van der Waals surface area contributed by atoms with E-state index in [0.717, 1.165) is 16.7 Å². The fourth-order valence-electron chi connectivity index (χ4n) is 4.83. The normalized spacial score (nSPS) is 14.0. The summed E-state index contributed by atoms with van der Waals surface area (Å²) in [7, 11) is 1.78. The Morgan fingerprint density at radius 2 is 1.45 bits per heavy atom. The highest BCUT2D eigenvalue weighted by Gasteiger charge is 2.28. The summed E-state index contributed by atoms with van der Waals surface area (Å²) in [4.78, 5) is 63.6. The molecule has 2 aromatic rings. The van der Waals surface area contributed by atoms with Gasteiger partial charge in [-0.3, -0.25) is 34.2 Å². The molecule has 16 heteroatoms. The Hall–Kier alpha value is -4.45. The van der Waals surface area contributed by atoms with Crippen LogP contribution in [-0.2, 0) is 39.9 Å². The lowest BCUT2D eigenvalue weighted by Gasteiger charge is -2.22. The van der Waals surface area contributed by atoms with E-state index in [0.29, 0.717) is 19.6 Å². The van der Waals surface area contributed by atoms with Gasteiger partial charge in [-0.05, 0) is 23.7 Å². The Morgan fingerprint density at radius 1 is 0.824 bits per heavy atom. The number of nitrogens with one attached hydrogen (secondary N) is 6. The van der Waals surface area contributed by atoms with Crippen LogP contribution in [0.15, 0.2) is 54.6 Å². The van der Waals surface area contributed by atoms with Gasteiger partial charge in [0.15, 0.2) is 0 Å². The Kier molecular flexibility index (Phi) is 19.7. The Balaban J connectivity index is 1.71. The van der Waals surface area contributed by atoms with Crippen molar-refractivity contribution in [2.45, 2.75) is 31.8 Å². The average Bonchev–Trinajstić information content (AvgIpc) is 3.10. The van der Waals surface area contributed by atoms with Crippen LogP contribution in [0.25, 0.3) is 11.1 Å². The van der Waals surface area contributed by atoms with E-state index in [9.17, 15) is 29.1 Å². The number of ether oxygens (including phenoxy) is 2. The molecular weight excluding hydrogens is 662 g/mol. The molecule has 282 valence electrons. The zero-order valence-corrected chi connectivity index (χ0v) is 29.2. The molecule has 0 saturated heterocycles. The smallest absolute Gasteiger partial charge is 0.305 e. The Morgan fingerprint density at radius 3 is 2.06 bits per heavy atom. The van der Waals surface area contributed by atoms with Gasteiger partial charge >= 0.3 is 5.97 Å². The lowest BCUT2D eigenvalue weighted by atomic mass is 10.00. The fourth-order valence-corrected chi connectivity index (χ4v) is 4.83. The molecule has 0 bridgehead atoms. The highest BCUT2D eigenvalue weighted by Crippen LogP contribution is 2.20. The van der Waals surface area contributed by atoms with Crippen molar-refractivity contribution in [3.05, 3.63) is 60.2 Å². The molecule has 4 amide bonds. The van der Waals surface area contributed by atoms with Crippen molar-refractivity contribution in [3.63, 3.8) is 0 Å². The van der Waals surface area contributed by atoms with Gasteiger partial charge in [0.25, 0.3) is 0 Å². The van der Waals surface area contributed by atoms with Gasteiger partial charge in [0.2, 0.25) is 23.6 Å². The van der Waals surface area contributed by atoms with E-state index in [1.165, 1.54) is 6.92 Å². The largest absolute Gasteiger partial charge is 0.481 e. The van der Waals surface area contributed by atoms with Gasteiger partial charge in [0, 0.05) is 52.6 Å². The molecule has 2 aromatic carbocycles. The molecule has 0 heterocycles. The lowest BCUT2D eigenvalue weighted by molar-refractivity contribution is -0.141. The molecule has 0 aliphatic heterocycles. The zero-order chi connectivity index (χ0) is 39.1. The molecule has 0 radical (unpaired) electrons. The third kappa shape index (κ3) is 18.9. The minimum atomic E-state index is -2.49. The molecule has 16 nitrogen and oxygen atoms in total. The molecule has 8 N–H and O–H groups in total. The summed E-state index contributed by atoms with van der Waals surface area (Å²) in [6.45, 7) is 1.53. The second kappa shape index (κ2) is 25.5. The van der Waals surface area contributed by atoms with E-state index in [-0.39, 0.29) is 64.9 Å². The van der Waals surface area contributed by atoms with Crippen LogP contribution >= 0.6 is 0 Å². The second-order valence-corrected chi connectivity index (χ2v) is 11.5. The molecule has 0 aromatic heterocycles. The number of hydrogen-bond donors (Lipinski definition) is 8. The van der Waals surface area contributed by atoms with Crippen molar-refractivity contribution in [1.82, 2.24) is 36.8 Å². The SMILES string of the molecule is [2H]C([3H])(O)NCCN(CCNC)CC(=O)NCCOCCOCCNC(=O)[C@H](CC(=O)O)NC(=O)[C@H](Cc1ccc(-c2ccccc2)cc1)NC(C)=O. The number of carbonyl (C=O) groups excluding carboxylic acids is 4. The molecular formula is C35H53N7O9. The maximum atomic E-state index is 13.2. The van der Waals surface area contributed by atoms with Crippen LogP contribution in [0.2, 0.25) is 0 Å². The van der Waals surface area contributed by atoms with Crippen LogP contribution < -0.4 is 31.9 Å². The number of hydrogen-bond acceptors (Lipinski definition) is 11. The van der Waals surface area contributed by atoms with Crippen LogP contribution in [0.3, 0.4) is 0 Å². The van der Waals surface area contributed by atoms with Gasteiger partial charge in [-0.25, -0.2) is 0 Å². The minimum Gasteiger partial charge on any atom is -0.481 e. The standard InChI is InChI=1S/C35H53N7O9/c1-26(44)40-30(22-27-8-10-29(11-9-27)28-6-4-3-5-7-28)35(49)41-31(23-33(46)47)34(48)39-15-19-51-21-20-50-18-14-38-32(45)24-42(16-12-36-2)17-13-37-25-43/h3-11,30-31,36-37,43H,12-25H2,1-2H3,(H,38,45)(H,39,48)(H,40,44)(H,41,49)(H,46,47)/t30-,31-/m0/s1/i25TD/t25?,30-,31-. The van der Waals surface area contributed by atoms with Crippen molar-refractivity contribution in [1.29, 1.82) is 0 Å². The topological polar surface area (TPSA) is 220 Å². The van der Waals surface area contributed by atoms with Crippen LogP contribution in [0, 0.1) is 0 Å². The number of carboxylic acids is 1. The average molecular weight is 719 g/mol. The Bertz CT molecular complexity index is 1420. The number of carbonyl (C=O) groups is 5. The molecule has 51 heavy (non-hydrogen) atoms. The minimum absolute atomic E-state index is 0.0339. The van der Waals surface area contributed by atoms with E-state index < -0.39 is 48.9 Å². The van der Waals surface area contributed by atoms with Gasteiger partial charge in [0.05, 0.1) is 48.8 Å². The van der Waals surface area contributed by atoms with Crippen molar-refractivity contribution >= 4 is 29.6 Å². The number of nitrogens with zero attached hydrogens (tertiary/aromatic N) is 1. The van der Waals surface area contributed by atoms with Crippen LogP contribution in [0.5, 0.6) is 0 Å². The molecule has 1 unspecified atom stereocenters. The number of aliphatic carboxylic acids is 1. The summed E-state index contributed by atoms with van der Waals surface area (Å²) in [5.41, 5.74) is 2.75. The van der Waals surface area contributed by atoms with Gasteiger partial charge in [-0.2, -0.15) is 0 Å². The van der Waals surface area contributed by atoms with E-state index in [4.69, 9.17) is 17.3 Å². The highest BCUT2D eigenvalue weighted by molar-refractivity contribution is 5.93. The second-order valence-electron chi connectivity index (χ2n) is 11.5. The summed E-state index contributed by atoms with van der Waals surface area (Å²) in [5, 5.41) is 34.2. The fraction of sp³-hybridized carbons (Fsp3) is 0.514. The van der Waals surface area contributed by atoms with Crippen LogP contribution in [0.4, 0.5) is 0 Å². The van der Waals surface area contributed by atoms with Gasteiger partial charge in [0.1, 0.15) is 12.1 Å². The van der Waals surface area contributed by atoms with Crippen LogP contribution in [0.1, 0.15) is 21.6 Å². The van der Waals surface area contributed by atoms with E-state index in [1.54, 1.807) is 7.05 Å². The van der Waals surface area contributed by atoms with Crippen LogP contribution in [-0.4, -0.2) is 143 Å². The van der Waals surface area contributed by atoms with E-state index in [1.807, 2.05) is 59.5 Å². The first-order valence-electron chi connectivity index (χ1n) is 17.7. The maximum absolute atomic E-state index is 13.2. The predicted molar refractivity (Wildman–Crippen MR) is 190 cm³/mol. The third-order valence-electron chi connectivity index (χ3n) is 7.37. The summed E-state index contributed by atoms with van der Waals surface area (Å²) in [6, 6.07) is 14.8. The first-order valence-corrected chi connectivity index (χ1v) is 16.7. The zero-order valence-electron chi connectivity index (χ0n) is 31.2. The summed E-state index contributed by atoms with van der Waals surface area (Å²) in [6.07, 6.45) is -0.555. The maximum Gasteiger partial charge on any atom is 0.305 e. The predicted octanol–water partition coefficient (Wildman–Crippen LogP) is -1.31. The highest BCUT2D eigenvalue weighted by atomic mass is 16.5.